The fraction of sp³-hybridized carbons (Fsp3) is 0.263. The van der Waals surface area contributed by atoms with Crippen molar-refractivity contribution in [1.29, 1.82) is 0 Å². The number of carbonyl (C=O) groups is 1. The van der Waals surface area contributed by atoms with Crippen LogP contribution in [0.25, 0.3) is 0 Å². The maximum atomic E-state index is 12.1. The third-order valence-electron chi connectivity index (χ3n) is 4.16. The fourth-order valence-electron chi connectivity index (χ4n) is 2.93. The number of carboxylic acid groups (broad SMARTS) is 1. The second kappa shape index (κ2) is 6.45. The molecule has 1 atom stereocenters. The zero-order valence-electron chi connectivity index (χ0n) is 13.9. The molecule has 0 fully saturated rings. The number of amidine groups is 1. The number of aliphatic imine (C=N–C) groups is 1. The zero-order valence-corrected chi connectivity index (χ0v) is 13.9. The highest BCUT2D eigenvalue weighted by molar-refractivity contribution is 6.02. The van der Waals surface area contributed by atoms with Gasteiger partial charge < -0.3 is 5.11 Å². The highest BCUT2D eigenvalue weighted by Gasteiger charge is 2.47. The molecule has 1 aliphatic heterocycles. The smallest absolute Gasteiger partial charge is 0.353 e. The van der Waals surface area contributed by atoms with Gasteiger partial charge in [-0.3, -0.25) is 5.01 Å². The van der Waals surface area contributed by atoms with Crippen LogP contribution in [-0.2, 0) is 10.5 Å². The summed E-state index contributed by atoms with van der Waals surface area (Å²) >= 11 is 0. The van der Waals surface area contributed by atoms with Crippen molar-refractivity contribution in [2.45, 2.75) is 32.4 Å². The molecular formula is C19H21N3O2. The Labute approximate surface area is 141 Å². The number of para-hydroxylation sites is 1. The predicted octanol–water partition coefficient (Wildman–Crippen LogP) is 3.46. The summed E-state index contributed by atoms with van der Waals surface area (Å²) in [7, 11) is 0. The van der Waals surface area contributed by atoms with Crippen LogP contribution in [0.4, 0.5) is 5.69 Å². The van der Waals surface area contributed by atoms with Crippen LogP contribution < -0.4 is 10.4 Å². The van der Waals surface area contributed by atoms with E-state index in [0.717, 1.165) is 23.5 Å². The third-order valence-corrected chi connectivity index (χ3v) is 4.16. The van der Waals surface area contributed by atoms with Crippen molar-refractivity contribution >= 4 is 17.5 Å². The number of carboxylic acids is 1. The van der Waals surface area contributed by atoms with Crippen LogP contribution in [0.3, 0.4) is 0 Å². The number of benzene rings is 2. The number of aryl methyl sites for hydroxylation is 1. The summed E-state index contributed by atoms with van der Waals surface area (Å²) in [5, 5.41) is 11.8. The van der Waals surface area contributed by atoms with Crippen LogP contribution in [0, 0.1) is 6.92 Å². The molecule has 2 N–H and O–H groups in total. The molecule has 0 aromatic heterocycles. The molecule has 124 valence electrons. The fourth-order valence-corrected chi connectivity index (χ4v) is 2.93. The van der Waals surface area contributed by atoms with E-state index < -0.39 is 11.6 Å². The predicted molar refractivity (Wildman–Crippen MR) is 94.9 cm³/mol. The number of hydrogen-bond donors (Lipinski definition) is 2. The molecule has 0 saturated heterocycles. The lowest BCUT2D eigenvalue weighted by Crippen LogP contribution is -2.51. The van der Waals surface area contributed by atoms with Crippen molar-refractivity contribution in [3.8, 4) is 0 Å². The summed E-state index contributed by atoms with van der Waals surface area (Å²) in [5.41, 5.74) is 4.24. The standard InChI is InChI=1S/C19H21N3O2/c1-3-9-17-20-19(18(23)24,15-11-5-4-6-12-15)21-22(17)16-13-8-7-10-14(16)2/h4-8,10-13,21H,3,9H2,1-2H3,(H,23,24). The lowest BCUT2D eigenvalue weighted by molar-refractivity contribution is -0.144. The van der Waals surface area contributed by atoms with E-state index in [-0.39, 0.29) is 0 Å². The van der Waals surface area contributed by atoms with Crippen LogP contribution in [0.5, 0.6) is 0 Å². The average Bonchev–Trinajstić information content (AvgIpc) is 2.97. The highest BCUT2D eigenvalue weighted by atomic mass is 16.4. The SMILES string of the molecule is CCCC1=NC(C(=O)O)(c2ccccc2)NN1c1ccccc1C. The summed E-state index contributed by atoms with van der Waals surface area (Å²) in [6.45, 7) is 4.06. The topological polar surface area (TPSA) is 64.9 Å². The summed E-state index contributed by atoms with van der Waals surface area (Å²) in [6, 6.07) is 17.0. The van der Waals surface area contributed by atoms with Crippen LogP contribution in [0.15, 0.2) is 59.6 Å². The molecule has 0 radical (unpaired) electrons. The zero-order chi connectivity index (χ0) is 17.2. The number of nitrogens with one attached hydrogen (secondary N) is 1. The molecule has 1 heterocycles. The molecule has 5 heteroatoms. The molecule has 1 unspecified atom stereocenters. The molecule has 2 aromatic rings. The molecule has 5 nitrogen and oxygen atoms in total. The lowest BCUT2D eigenvalue weighted by atomic mass is 10.0. The monoisotopic (exact) mass is 323 g/mol. The minimum absolute atomic E-state index is 0.613. The van der Waals surface area contributed by atoms with Gasteiger partial charge in [0.15, 0.2) is 0 Å². The number of hydrazine groups is 1. The van der Waals surface area contributed by atoms with Gasteiger partial charge in [0.25, 0.3) is 5.66 Å². The van der Waals surface area contributed by atoms with Gasteiger partial charge >= 0.3 is 5.97 Å². The Kier molecular flexibility index (Phi) is 4.36. The van der Waals surface area contributed by atoms with E-state index in [4.69, 9.17) is 0 Å². The summed E-state index contributed by atoms with van der Waals surface area (Å²) in [4.78, 5) is 16.7. The maximum Gasteiger partial charge on any atom is 0.353 e. The molecule has 0 aliphatic carbocycles. The van der Waals surface area contributed by atoms with Crippen LogP contribution in [0.2, 0.25) is 0 Å². The first-order chi connectivity index (χ1) is 11.6. The Morgan fingerprint density at radius 1 is 1.17 bits per heavy atom. The van der Waals surface area contributed by atoms with Crippen molar-refractivity contribution in [2.24, 2.45) is 4.99 Å². The van der Waals surface area contributed by atoms with Crippen molar-refractivity contribution in [3.05, 3.63) is 65.7 Å². The van der Waals surface area contributed by atoms with Crippen molar-refractivity contribution < 1.29 is 9.90 Å². The Hall–Kier alpha value is -2.66. The lowest BCUT2D eigenvalue weighted by Gasteiger charge is -2.27. The molecule has 0 saturated carbocycles. The molecule has 1 aliphatic rings. The number of hydrogen-bond acceptors (Lipinski definition) is 4. The molecule has 2 aromatic carbocycles. The first kappa shape index (κ1) is 16.2. The minimum atomic E-state index is -1.49. The summed E-state index contributed by atoms with van der Waals surface area (Å²) in [6.07, 6.45) is 1.58. The van der Waals surface area contributed by atoms with Crippen LogP contribution >= 0.6 is 0 Å². The Balaban J connectivity index is 2.11. The van der Waals surface area contributed by atoms with E-state index >= 15 is 0 Å². The Bertz CT molecular complexity index is 773. The number of anilines is 1. The second-order valence-corrected chi connectivity index (χ2v) is 5.89. The van der Waals surface area contributed by atoms with E-state index in [0.29, 0.717) is 12.0 Å². The first-order valence-electron chi connectivity index (χ1n) is 8.09. The quantitative estimate of drug-likeness (QED) is 0.884. The van der Waals surface area contributed by atoms with E-state index in [9.17, 15) is 9.90 Å². The molecule has 0 spiro atoms. The largest absolute Gasteiger partial charge is 0.478 e. The average molecular weight is 323 g/mol. The van der Waals surface area contributed by atoms with Gasteiger partial charge in [-0.1, -0.05) is 55.5 Å². The van der Waals surface area contributed by atoms with Crippen molar-refractivity contribution in [1.82, 2.24) is 5.43 Å². The normalized spacial score (nSPS) is 20.1. The van der Waals surface area contributed by atoms with E-state index in [1.807, 2.05) is 54.4 Å². The molecule has 0 bridgehead atoms. The van der Waals surface area contributed by atoms with Gasteiger partial charge in [0.05, 0.1) is 5.69 Å². The van der Waals surface area contributed by atoms with Gasteiger partial charge in [0.2, 0.25) is 0 Å². The molecule has 0 amide bonds. The third kappa shape index (κ3) is 2.67. The number of nitrogens with zero attached hydrogens (tertiary/aromatic N) is 2. The number of aliphatic carboxylic acids is 1. The number of rotatable bonds is 5. The van der Waals surface area contributed by atoms with Crippen LogP contribution in [0.1, 0.15) is 30.9 Å². The van der Waals surface area contributed by atoms with E-state index in [1.54, 1.807) is 12.1 Å². The van der Waals surface area contributed by atoms with Gasteiger partial charge in [0, 0.05) is 12.0 Å². The highest BCUT2D eigenvalue weighted by Crippen LogP contribution is 2.33. The maximum absolute atomic E-state index is 12.1. The van der Waals surface area contributed by atoms with Crippen molar-refractivity contribution in [2.75, 3.05) is 5.01 Å². The van der Waals surface area contributed by atoms with E-state index in [1.165, 1.54) is 0 Å². The molecular weight excluding hydrogens is 302 g/mol. The first-order valence-corrected chi connectivity index (χ1v) is 8.09. The van der Waals surface area contributed by atoms with E-state index in [2.05, 4.69) is 17.3 Å². The van der Waals surface area contributed by atoms with Crippen molar-refractivity contribution in [3.63, 3.8) is 0 Å². The second-order valence-electron chi connectivity index (χ2n) is 5.89. The van der Waals surface area contributed by atoms with Gasteiger partial charge in [-0.2, -0.15) is 5.43 Å². The Morgan fingerprint density at radius 3 is 2.46 bits per heavy atom. The van der Waals surface area contributed by atoms with Gasteiger partial charge in [0.1, 0.15) is 5.84 Å². The van der Waals surface area contributed by atoms with Gasteiger partial charge in [-0.05, 0) is 25.0 Å². The summed E-state index contributed by atoms with van der Waals surface area (Å²) in [5.74, 6) is -0.281. The molecule has 3 rings (SSSR count). The Morgan fingerprint density at radius 2 is 1.83 bits per heavy atom. The molecule has 24 heavy (non-hydrogen) atoms. The van der Waals surface area contributed by atoms with Crippen LogP contribution in [-0.4, -0.2) is 16.9 Å². The van der Waals surface area contributed by atoms with Gasteiger partial charge in [-0.15, -0.1) is 0 Å². The minimum Gasteiger partial charge on any atom is -0.478 e. The van der Waals surface area contributed by atoms with Gasteiger partial charge in [-0.25, -0.2) is 9.79 Å². The summed E-state index contributed by atoms with van der Waals surface area (Å²) < 4.78 is 0.